The van der Waals surface area contributed by atoms with Crippen molar-refractivity contribution in [3.05, 3.63) is 0 Å². The largest absolute Gasteiger partial charge is 0.444 e. The Balaban J connectivity index is 2.43. The zero-order chi connectivity index (χ0) is 18.5. The van der Waals surface area contributed by atoms with E-state index in [4.69, 9.17) is 9.47 Å². The molecule has 1 rings (SSSR count). The maximum atomic E-state index is 11.8. The highest BCUT2D eigenvalue weighted by Crippen LogP contribution is 2.21. The van der Waals surface area contributed by atoms with E-state index in [0.717, 1.165) is 13.1 Å². The van der Waals surface area contributed by atoms with Gasteiger partial charge in [0.05, 0.1) is 0 Å². The van der Waals surface area contributed by atoms with Crippen LogP contribution in [0.25, 0.3) is 0 Å². The molecule has 7 heteroatoms. The van der Waals surface area contributed by atoms with Gasteiger partial charge in [-0.3, -0.25) is 0 Å². The Morgan fingerprint density at radius 2 is 1.21 bits per heavy atom. The molecule has 7 nitrogen and oxygen atoms in total. The van der Waals surface area contributed by atoms with Gasteiger partial charge in [-0.05, 0) is 60.4 Å². The molecule has 24 heavy (non-hydrogen) atoms. The number of rotatable bonds is 4. The number of carbonyl (C=O) groups excluding carboxylic acids is 2. The molecule has 1 fully saturated rings. The number of nitrogens with one attached hydrogen (secondary N) is 2. The van der Waals surface area contributed by atoms with E-state index in [9.17, 15) is 9.59 Å². The molecule has 0 aromatic heterocycles. The first-order chi connectivity index (χ1) is 10.9. The monoisotopic (exact) mass is 343 g/mol. The Labute approximate surface area is 145 Å². The van der Waals surface area contributed by atoms with Crippen molar-refractivity contribution in [2.24, 2.45) is 11.8 Å². The number of nitrogens with zero attached hydrogens (tertiary/aromatic N) is 1. The van der Waals surface area contributed by atoms with E-state index >= 15 is 0 Å². The number of amides is 2. The van der Waals surface area contributed by atoms with E-state index in [2.05, 4.69) is 15.5 Å². The molecular formula is C17H33N3O4. The lowest BCUT2D eigenvalue weighted by Gasteiger charge is -2.24. The van der Waals surface area contributed by atoms with Crippen LogP contribution in [-0.2, 0) is 9.47 Å². The van der Waals surface area contributed by atoms with Crippen LogP contribution in [0.1, 0.15) is 41.5 Å². The zero-order valence-corrected chi connectivity index (χ0v) is 16.1. The van der Waals surface area contributed by atoms with Gasteiger partial charge in [-0.25, -0.2) is 9.59 Å². The smallest absolute Gasteiger partial charge is 0.407 e. The van der Waals surface area contributed by atoms with Gasteiger partial charge in [0.25, 0.3) is 0 Å². The van der Waals surface area contributed by atoms with Crippen LogP contribution in [0, 0.1) is 11.8 Å². The molecule has 140 valence electrons. The SMILES string of the molecule is CN1C[C@@H](CNC(=O)OC(C)(C)C)[C@H](CNC(=O)OC(C)(C)C)C1. The minimum Gasteiger partial charge on any atom is -0.444 e. The van der Waals surface area contributed by atoms with Gasteiger partial charge >= 0.3 is 12.2 Å². The number of hydrogen-bond acceptors (Lipinski definition) is 5. The summed E-state index contributed by atoms with van der Waals surface area (Å²) in [6, 6.07) is 0. The second-order valence-corrected chi connectivity index (χ2v) is 8.51. The highest BCUT2D eigenvalue weighted by Gasteiger charge is 2.32. The Morgan fingerprint density at radius 3 is 1.50 bits per heavy atom. The first kappa shape index (κ1) is 20.5. The van der Waals surface area contributed by atoms with E-state index in [0.29, 0.717) is 13.1 Å². The van der Waals surface area contributed by atoms with Gasteiger partial charge in [-0.2, -0.15) is 0 Å². The third kappa shape index (κ3) is 8.38. The van der Waals surface area contributed by atoms with E-state index < -0.39 is 23.4 Å². The average molecular weight is 343 g/mol. The third-order valence-corrected chi connectivity index (χ3v) is 3.57. The van der Waals surface area contributed by atoms with Crippen molar-refractivity contribution in [2.45, 2.75) is 52.7 Å². The highest BCUT2D eigenvalue weighted by molar-refractivity contribution is 5.68. The first-order valence-corrected chi connectivity index (χ1v) is 8.48. The van der Waals surface area contributed by atoms with Gasteiger partial charge in [0.2, 0.25) is 0 Å². The zero-order valence-electron chi connectivity index (χ0n) is 16.1. The molecule has 0 radical (unpaired) electrons. The molecule has 2 atom stereocenters. The maximum Gasteiger partial charge on any atom is 0.407 e. The van der Waals surface area contributed by atoms with Gasteiger partial charge in [0.1, 0.15) is 11.2 Å². The van der Waals surface area contributed by atoms with Crippen molar-refractivity contribution < 1.29 is 19.1 Å². The normalized spacial score (nSPS) is 22.1. The van der Waals surface area contributed by atoms with Crippen LogP contribution in [-0.4, -0.2) is 61.5 Å². The number of hydrogen-bond donors (Lipinski definition) is 2. The topological polar surface area (TPSA) is 79.9 Å². The molecular weight excluding hydrogens is 310 g/mol. The highest BCUT2D eigenvalue weighted by atomic mass is 16.6. The molecule has 2 N–H and O–H groups in total. The summed E-state index contributed by atoms with van der Waals surface area (Å²) in [5, 5.41) is 5.65. The summed E-state index contributed by atoms with van der Waals surface area (Å²) in [6.07, 6.45) is -0.813. The van der Waals surface area contributed by atoms with Crippen LogP contribution in [0.15, 0.2) is 0 Å². The Hall–Kier alpha value is -1.50. The summed E-state index contributed by atoms with van der Waals surface area (Å²) in [5.74, 6) is 0.523. The van der Waals surface area contributed by atoms with Crippen LogP contribution in [0.4, 0.5) is 9.59 Å². The van der Waals surface area contributed by atoms with Gasteiger partial charge in [0, 0.05) is 26.2 Å². The molecule has 2 amide bonds. The number of ether oxygens (including phenoxy) is 2. The van der Waals surface area contributed by atoms with Crippen LogP contribution < -0.4 is 10.6 Å². The van der Waals surface area contributed by atoms with Crippen molar-refractivity contribution in [2.75, 3.05) is 33.2 Å². The van der Waals surface area contributed by atoms with Crippen molar-refractivity contribution in [1.82, 2.24) is 15.5 Å². The van der Waals surface area contributed by atoms with Crippen molar-refractivity contribution >= 4 is 12.2 Å². The second-order valence-electron chi connectivity index (χ2n) is 8.51. The molecule has 0 spiro atoms. The molecule has 0 aliphatic carbocycles. The van der Waals surface area contributed by atoms with Crippen LogP contribution in [0.3, 0.4) is 0 Å². The minimum absolute atomic E-state index is 0.262. The standard InChI is InChI=1S/C17H33N3O4/c1-16(2,3)23-14(21)18-8-12-10-20(7)11-13(12)9-19-15(22)24-17(4,5)6/h12-13H,8-11H2,1-7H3,(H,18,21)(H,19,22)/t12-,13-/m1/s1. The van der Waals surface area contributed by atoms with E-state index in [1.165, 1.54) is 0 Å². The number of carbonyl (C=O) groups is 2. The molecule has 1 heterocycles. The molecule has 0 bridgehead atoms. The Bertz CT molecular complexity index is 400. The van der Waals surface area contributed by atoms with Gasteiger partial charge in [0.15, 0.2) is 0 Å². The minimum atomic E-state index is -0.506. The van der Waals surface area contributed by atoms with E-state index in [1.807, 2.05) is 48.6 Å². The van der Waals surface area contributed by atoms with Gasteiger partial charge in [-0.1, -0.05) is 0 Å². The summed E-state index contributed by atoms with van der Waals surface area (Å²) >= 11 is 0. The van der Waals surface area contributed by atoms with Crippen molar-refractivity contribution in [3.63, 3.8) is 0 Å². The maximum absolute atomic E-state index is 11.8. The second kappa shape index (κ2) is 8.05. The molecule has 1 aliphatic rings. The van der Waals surface area contributed by atoms with Crippen molar-refractivity contribution in [1.29, 1.82) is 0 Å². The van der Waals surface area contributed by atoms with Crippen LogP contribution >= 0.6 is 0 Å². The summed E-state index contributed by atoms with van der Waals surface area (Å²) < 4.78 is 10.5. The summed E-state index contributed by atoms with van der Waals surface area (Å²) in [6.45, 7) is 13.8. The summed E-state index contributed by atoms with van der Waals surface area (Å²) in [4.78, 5) is 25.8. The van der Waals surface area contributed by atoms with Crippen LogP contribution in [0.2, 0.25) is 0 Å². The van der Waals surface area contributed by atoms with E-state index in [-0.39, 0.29) is 11.8 Å². The fourth-order valence-electron chi connectivity index (χ4n) is 2.69. The van der Waals surface area contributed by atoms with Gasteiger partial charge < -0.3 is 25.0 Å². The lowest BCUT2D eigenvalue weighted by atomic mass is 9.96. The summed E-state index contributed by atoms with van der Waals surface area (Å²) in [5.41, 5.74) is -1.01. The predicted molar refractivity (Wildman–Crippen MR) is 93.0 cm³/mol. The molecule has 0 aromatic rings. The van der Waals surface area contributed by atoms with E-state index in [1.54, 1.807) is 0 Å². The number of alkyl carbamates (subject to hydrolysis) is 2. The molecule has 0 saturated carbocycles. The third-order valence-electron chi connectivity index (χ3n) is 3.57. The summed E-state index contributed by atoms with van der Waals surface area (Å²) in [7, 11) is 2.04. The van der Waals surface area contributed by atoms with Gasteiger partial charge in [-0.15, -0.1) is 0 Å². The quantitative estimate of drug-likeness (QED) is 0.818. The van der Waals surface area contributed by atoms with Crippen molar-refractivity contribution in [3.8, 4) is 0 Å². The molecule has 1 saturated heterocycles. The lowest BCUT2D eigenvalue weighted by molar-refractivity contribution is 0.0491. The molecule has 0 aromatic carbocycles. The fraction of sp³-hybridized carbons (Fsp3) is 0.882. The Morgan fingerprint density at radius 1 is 0.875 bits per heavy atom. The Kier molecular flexibility index (Phi) is 6.89. The first-order valence-electron chi connectivity index (χ1n) is 8.48. The fourth-order valence-corrected chi connectivity index (χ4v) is 2.69. The predicted octanol–water partition coefficient (Wildman–Crippen LogP) is 2.21. The number of likely N-dealkylation sites (tertiary alicyclic amines) is 1. The molecule has 0 unspecified atom stereocenters. The van der Waals surface area contributed by atoms with Crippen LogP contribution in [0.5, 0.6) is 0 Å². The molecule has 1 aliphatic heterocycles. The average Bonchev–Trinajstić information content (AvgIpc) is 2.70. The lowest BCUT2D eigenvalue weighted by Crippen LogP contribution is -2.40.